The standard InChI is InChI=1S/C15H22ClN3O/c1-10(2)18-8-12-7-13(16)3-4-14(12)19-6-5-11(9-19)15(17)20/h3-4,7,10-11,18H,5-6,8-9H2,1-2H3,(H2,17,20). The van der Waals surface area contributed by atoms with Gasteiger partial charge in [-0.2, -0.15) is 0 Å². The maximum atomic E-state index is 11.3. The van der Waals surface area contributed by atoms with Gasteiger partial charge in [0.1, 0.15) is 0 Å². The summed E-state index contributed by atoms with van der Waals surface area (Å²) in [5, 5.41) is 4.15. The molecule has 1 atom stereocenters. The van der Waals surface area contributed by atoms with E-state index >= 15 is 0 Å². The molecule has 1 unspecified atom stereocenters. The molecule has 1 saturated heterocycles. The van der Waals surface area contributed by atoms with Crippen LogP contribution in [0.25, 0.3) is 0 Å². The predicted molar refractivity (Wildman–Crippen MR) is 82.9 cm³/mol. The molecule has 0 saturated carbocycles. The molecule has 1 fully saturated rings. The van der Waals surface area contributed by atoms with Crippen molar-refractivity contribution < 1.29 is 4.79 Å². The predicted octanol–water partition coefficient (Wildman–Crippen LogP) is 2.15. The number of nitrogens with one attached hydrogen (secondary N) is 1. The van der Waals surface area contributed by atoms with Crippen molar-refractivity contribution in [2.24, 2.45) is 11.7 Å². The summed E-state index contributed by atoms with van der Waals surface area (Å²) in [5.41, 5.74) is 7.71. The number of halogens is 1. The van der Waals surface area contributed by atoms with Crippen LogP contribution in [-0.4, -0.2) is 25.0 Å². The van der Waals surface area contributed by atoms with E-state index in [9.17, 15) is 4.79 Å². The zero-order valence-electron chi connectivity index (χ0n) is 12.0. The van der Waals surface area contributed by atoms with Crippen LogP contribution in [0.5, 0.6) is 0 Å². The molecule has 4 nitrogen and oxygen atoms in total. The Balaban J connectivity index is 2.16. The van der Waals surface area contributed by atoms with E-state index < -0.39 is 0 Å². The molecule has 1 heterocycles. The highest BCUT2D eigenvalue weighted by Crippen LogP contribution is 2.29. The third kappa shape index (κ3) is 3.64. The van der Waals surface area contributed by atoms with Gasteiger partial charge in [-0.15, -0.1) is 0 Å². The summed E-state index contributed by atoms with van der Waals surface area (Å²) in [5.74, 6) is -0.250. The van der Waals surface area contributed by atoms with Crippen LogP contribution < -0.4 is 16.0 Å². The van der Waals surface area contributed by atoms with Gasteiger partial charge in [-0.1, -0.05) is 25.4 Å². The molecule has 1 aromatic rings. The third-order valence-corrected chi connectivity index (χ3v) is 3.91. The van der Waals surface area contributed by atoms with Crippen molar-refractivity contribution in [3.8, 4) is 0 Å². The third-order valence-electron chi connectivity index (χ3n) is 3.67. The smallest absolute Gasteiger partial charge is 0.222 e. The number of amides is 1. The van der Waals surface area contributed by atoms with Crippen molar-refractivity contribution in [2.45, 2.75) is 32.9 Å². The number of carbonyl (C=O) groups is 1. The Morgan fingerprint density at radius 2 is 2.30 bits per heavy atom. The summed E-state index contributed by atoms with van der Waals surface area (Å²) in [6.45, 7) is 6.56. The summed E-state index contributed by atoms with van der Waals surface area (Å²) in [6.07, 6.45) is 0.828. The summed E-state index contributed by atoms with van der Waals surface area (Å²) < 4.78 is 0. The maximum Gasteiger partial charge on any atom is 0.222 e. The zero-order chi connectivity index (χ0) is 14.7. The highest BCUT2D eigenvalue weighted by atomic mass is 35.5. The highest BCUT2D eigenvalue weighted by molar-refractivity contribution is 6.30. The molecule has 110 valence electrons. The maximum absolute atomic E-state index is 11.3. The molecule has 5 heteroatoms. The first-order valence-electron chi connectivity index (χ1n) is 7.03. The molecule has 1 aliphatic rings. The second kappa shape index (κ2) is 6.46. The van der Waals surface area contributed by atoms with E-state index in [1.807, 2.05) is 18.2 Å². The highest BCUT2D eigenvalue weighted by Gasteiger charge is 2.27. The molecule has 0 aliphatic carbocycles. The van der Waals surface area contributed by atoms with Crippen molar-refractivity contribution in [1.82, 2.24) is 5.32 Å². The van der Waals surface area contributed by atoms with E-state index in [-0.39, 0.29) is 11.8 Å². The molecular formula is C15H22ClN3O. The minimum Gasteiger partial charge on any atom is -0.370 e. The molecule has 0 bridgehead atoms. The fourth-order valence-corrected chi connectivity index (χ4v) is 2.72. The zero-order valence-corrected chi connectivity index (χ0v) is 12.8. The number of hydrogen-bond acceptors (Lipinski definition) is 3. The van der Waals surface area contributed by atoms with Crippen molar-refractivity contribution in [2.75, 3.05) is 18.0 Å². The van der Waals surface area contributed by atoms with Gasteiger partial charge in [0.25, 0.3) is 0 Å². The number of primary amides is 1. The van der Waals surface area contributed by atoms with Gasteiger partial charge >= 0.3 is 0 Å². The summed E-state index contributed by atoms with van der Waals surface area (Å²) >= 11 is 6.10. The Hall–Kier alpha value is -1.26. The number of nitrogens with zero attached hydrogens (tertiary/aromatic N) is 1. The van der Waals surface area contributed by atoms with Crippen LogP contribution in [0.15, 0.2) is 18.2 Å². The van der Waals surface area contributed by atoms with Crippen molar-refractivity contribution in [3.05, 3.63) is 28.8 Å². The van der Waals surface area contributed by atoms with Crippen molar-refractivity contribution in [3.63, 3.8) is 0 Å². The first kappa shape index (κ1) is 15.1. The van der Waals surface area contributed by atoms with E-state index in [0.717, 1.165) is 35.8 Å². The molecule has 20 heavy (non-hydrogen) atoms. The molecule has 3 N–H and O–H groups in total. The number of rotatable bonds is 5. The van der Waals surface area contributed by atoms with Crippen molar-refractivity contribution in [1.29, 1.82) is 0 Å². The molecule has 1 aliphatic heterocycles. The number of nitrogens with two attached hydrogens (primary N) is 1. The fraction of sp³-hybridized carbons (Fsp3) is 0.533. The average molecular weight is 296 g/mol. The van der Waals surface area contributed by atoms with Crippen LogP contribution in [0.2, 0.25) is 5.02 Å². The van der Waals surface area contributed by atoms with Gasteiger partial charge in [0.2, 0.25) is 5.91 Å². The lowest BCUT2D eigenvalue weighted by molar-refractivity contribution is -0.121. The quantitative estimate of drug-likeness (QED) is 0.875. The van der Waals surface area contributed by atoms with E-state index in [1.165, 1.54) is 0 Å². The Morgan fingerprint density at radius 1 is 1.55 bits per heavy atom. The molecule has 2 rings (SSSR count). The monoisotopic (exact) mass is 295 g/mol. The van der Waals surface area contributed by atoms with Gasteiger partial charge in [0.15, 0.2) is 0 Å². The molecule has 1 aromatic carbocycles. The number of anilines is 1. The van der Waals surface area contributed by atoms with Crippen LogP contribution in [0.4, 0.5) is 5.69 Å². The van der Waals surface area contributed by atoms with E-state index in [0.29, 0.717) is 12.6 Å². The Labute approximate surface area is 125 Å². The van der Waals surface area contributed by atoms with Crippen LogP contribution >= 0.6 is 11.6 Å². The fourth-order valence-electron chi connectivity index (χ4n) is 2.53. The largest absolute Gasteiger partial charge is 0.370 e. The first-order valence-corrected chi connectivity index (χ1v) is 7.41. The lowest BCUT2D eigenvalue weighted by Gasteiger charge is -2.23. The lowest BCUT2D eigenvalue weighted by atomic mass is 10.1. The topological polar surface area (TPSA) is 58.4 Å². The van der Waals surface area contributed by atoms with E-state index in [1.54, 1.807) is 0 Å². The lowest BCUT2D eigenvalue weighted by Crippen LogP contribution is -2.28. The summed E-state index contributed by atoms with van der Waals surface area (Å²) in [7, 11) is 0. The SMILES string of the molecule is CC(C)NCc1cc(Cl)ccc1N1CCC(C(N)=O)C1. The Bertz CT molecular complexity index is 490. The van der Waals surface area contributed by atoms with Crippen LogP contribution in [0.1, 0.15) is 25.8 Å². The molecule has 0 spiro atoms. The number of hydrogen-bond donors (Lipinski definition) is 2. The van der Waals surface area contributed by atoms with Gasteiger partial charge in [-0.05, 0) is 30.2 Å². The first-order chi connectivity index (χ1) is 9.47. The Morgan fingerprint density at radius 3 is 2.90 bits per heavy atom. The summed E-state index contributed by atoms with van der Waals surface area (Å²) in [4.78, 5) is 13.5. The van der Waals surface area contributed by atoms with Gasteiger partial charge in [0.05, 0.1) is 5.92 Å². The average Bonchev–Trinajstić information content (AvgIpc) is 2.86. The van der Waals surface area contributed by atoms with Crippen LogP contribution in [0.3, 0.4) is 0 Å². The normalized spacial score (nSPS) is 18.8. The Kier molecular flexibility index (Phi) is 4.89. The second-order valence-corrected chi connectivity index (χ2v) is 6.08. The minimum absolute atomic E-state index is 0.0448. The van der Waals surface area contributed by atoms with E-state index in [2.05, 4.69) is 24.1 Å². The number of benzene rings is 1. The molecular weight excluding hydrogens is 274 g/mol. The van der Waals surface area contributed by atoms with Gasteiger partial charge in [-0.3, -0.25) is 4.79 Å². The van der Waals surface area contributed by atoms with Crippen LogP contribution in [0, 0.1) is 5.92 Å². The van der Waals surface area contributed by atoms with Gasteiger partial charge in [0, 0.05) is 36.4 Å². The molecule has 0 radical (unpaired) electrons. The number of carbonyl (C=O) groups excluding carboxylic acids is 1. The van der Waals surface area contributed by atoms with Gasteiger partial charge < -0.3 is 16.0 Å². The van der Waals surface area contributed by atoms with Crippen LogP contribution in [-0.2, 0) is 11.3 Å². The minimum atomic E-state index is -0.205. The summed E-state index contributed by atoms with van der Waals surface area (Å²) in [6, 6.07) is 6.33. The molecule has 0 aromatic heterocycles. The second-order valence-electron chi connectivity index (χ2n) is 5.64. The van der Waals surface area contributed by atoms with E-state index in [4.69, 9.17) is 17.3 Å². The van der Waals surface area contributed by atoms with Crippen molar-refractivity contribution >= 4 is 23.2 Å². The van der Waals surface area contributed by atoms with Gasteiger partial charge in [-0.25, -0.2) is 0 Å². The molecule has 1 amide bonds.